The standard InChI is InChI=1S/C19H29N3/c1-4-5-12-22-18-7-6-16(14(2)3)13-17(18)21-19(22)15-8-10-20-11-9-15/h6-7,13-15,20H,4-5,8-12H2,1-3H3. The number of piperidine rings is 1. The molecule has 1 aliphatic heterocycles. The van der Waals surface area contributed by atoms with Crippen molar-refractivity contribution in [3.63, 3.8) is 0 Å². The Kier molecular flexibility index (Phi) is 4.82. The number of nitrogens with one attached hydrogen (secondary N) is 1. The SMILES string of the molecule is CCCCn1c(C2CCNCC2)nc2cc(C(C)C)ccc21. The Labute approximate surface area is 134 Å². The third-order valence-electron chi connectivity index (χ3n) is 4.91. The summed E-state index contributed by atoms with van der Waals surface area (Å²) in [5.41, 5.74) is 3.91. The van der Waals surface area contributed by atoms with Gasteiger partial charge in [-0.1, -0.05) is 33.3 Å². The van der Waals surface area contributed by atoms with E-state index >= 15 is 0 Å². The molecule has 2 heterocycles. The lowest BCUT2D eigenvalue weighted by Crippen LogP contribution is -2.28. The van der Waals surface area contributed by atoms with Gasteiger partial charge in [0.15, 0.2) is 0 Å². The van der Waals surface area contributed by atoms with Gasteiger partial charge in [-0.25, -0.2) is 4.98 Å². The van der Waals surface area contributed by atoms with Crippen LogP contribution in [0.2, 0.25) is 0 Å². The third-order valence-corrected chi connectivity index (χ3v) is 4.91. The molecule has 3 rings (SSSR count). The van der Waals surface area contributed by atoms with Crippen LogP contribution in [0.3, 0.4) is 0 Å². The largest absolute Gasteiger partial charge is 0.328 e. The molecule has 0 spiro atoms. The Morgan fingerprint density at radius 3 is 2.73 bits per heavy atom. The molecular formula is C19H29N3. The molecule has 120 valence electrons. The van der Waals surface area contributed by atoms with Gasteiger partial charge in [0.25, 0.3) is 0 Å². The first-order valence-electron chi connectivity index (χ1n) is 8.91. The van der Waals surface area contributed by atoms with Crippen molar-refractivity contribution < 1.29 is 0 Å². The smallest absolute Gasteiger partial charge is 0.113 e. The average molecular weight is 299 g/mol. The van der Waals surface area contributed by atoms with Gasteiger partial charge in [0.05, 0.1) is 11.0 Å². The first-order chi connectivity index (χ1) is 10.7. The molecule has 0 bridgehead atoms. The lowest BCUT2D eigenvalue weighted by molar-refractivity contribution is 0.430. The van der Waals surface area contributed by atoms with E-state index in [1.165, 1.54) is 48.1 Å². The summed E-state index contributed by atoms with van der Waals surface area (Å²) >= 11 is 0. The van der Waals surface area contributed by atoms with Crippen molar-refractivity contribution in [1.82, 2.24) is 14.9 Å². The molecule has 0 saturated carbocycles. The van der Waals surface area contributed by atoms with Crippen LogP contribution in [-0.4, -0.2) is 22.6 Å². The van der Waals surface area contributed by atoms with Crippen LogP contribution in [0.1, 0.15) is 69.7 Å². The molecule has 1 aromatic carbocycles. The van der Waals surface area contributed by atoms with Gasteiger partial charge < -0.3 is 9.88 Å². The number of hydrogen-bond donors (Lipinski definition) is 1. The van der Waals surface area contributed by atoms with Crippen LogP contribution in [0.25, 0.3) is 11.0 Å². The number of nitrogens with zero attached hydrogens (tertiary/aromatic N) is 2. The second-order valence-corrected chi connectivity index (χ2v) is 6.90. The summed E-state index contributed by atoms with van der Waals surface area (Å²) in [7, 11) is 0. The average Bonchev–Trinajstić information content (AvgIpc) is 2.91. The molecule has 1 saturated heterocycles. The molecule has 1 aromatic heterocycles. The highest BCUT2D eigenvalue weighted by molar-refractivity contribution is 5.77. The maximum Gasteiger partial charge on any atom is 0.113 e. The van der Waals surface area contributed by atoms with Gasteiger partial charge in [-0.3, -0.25) is 0 Å². The van der Waals surface area contributed by atoms with Crippen LogP contribution in [0.4, 0.5) is 0 Å². The van der Waals surface area contributed by atoms with Crippen LogP contribution >= 0.6 is 0 Å². The van der Waals surface area contributed by atoms with Crippen molar-refractivity contribution in [3.05, 3.63) is 29.6 Å². The molecule has 3 heteroatoms. The molecule has 0 aliphatic carbocycles. The topological polar surface area (TPSA) is 29.9 Å². The zero-order valence-corrected chi connectivity index (χ0v) is 14.2. The molecular weight excluding hydrogens is 270 g/mol. The number of aryl methyl sites for hydroxylation is 1. The van der Waals surface area contributed by atoms with Crippen molar-refractivity contribution in [2.75, 3.05) is 13.1 Å². The summed E-state index contributed by atoms with van der Waals surface area (Å²) < 4.78 is 2.50. The number of aromatic nitrogens is 2. The molecule has 1 N–H and O–H groups in total. The van der Waals surface area contributed by atoms with Crippen molar-refractivity contribution in [1.29, 1.82) is 0 Å². The number of unbranched alkanes of at least 4 members (excludes halogenated alkanes) is 1. The third kappa shape index (κ3) is 3.05. The molecule has 1 fully saturated rings. The minimum absolute atomic E-state index is 0.563. The second-order valence-electron chi connectivity index (χ2n) is 6.90. The van der Waals surface area contributed by atoms with E-state index in [1.807, 2.05) is 0 Å². The van der Waals surface area contributed by atoms with Crippen molar-refractivity contribution in [2.45, 2.75) is 64.8 Å². The fourth-order valence-corrected chi connectivity index (χ4v) is 3.47. The maximum atomic E-state index is 5.07. The molecule has 0 atom stereocenters. The highest BCUT2D eigenvalue weighted by Gasteiger charge is 2.22. The van der Waals surface area contributed by atoms with Crippen LogP contribution < -0.4 is 5.32 Å². The zero-order chi connectivity index (χ0) is 15.5. The van der Waals surface area contributed by atoms with E-state index in [2.05, 4.69) is 48.9 Å². The predicted octanol–water partition coefficient (Wildman–Crippen LogP) is 4.43. The Balaban J connectivity index is 2.03. The zero-order valence-electron chi connectivity index (χ0n) is 14.2. The van der Waals surface area contributed by atoms with Gasteiger partial charge in [-0.15, -0.1) is 0 Å². The number of rotatable bonds is 5. The van der Waals surface area contributed by atoms with E-state index < -0.39 is 0 Å². The highest BCUT2D eigenvalue weighted by Crippen LogP contribution is 2.30. The predicted molar refractivity (Wildman–Crippen MR) is 93.6 cm³/mol. The first-order valence-corrected chi connectivity index (χ1v) is 8.91. The van der Waals surface area contributed by atoms with Crippen LogP contribution in [-0.2, 0) is 6.54 Å². The summed E-state index contributed by atoms with van der Waals surface area (Å²) in [6.07, 6.45) is 4.89. The molecule has 0 radical (unpaired) electrons. The Morgan fingerprint density at radius 1 is 1.27 bits per heavy atom. The lowest BCUT2D eigenvalue weighted by atomic mass is 9.97. The van der Waals surface area contributed by atoms with Gasteiger partial charge in [-0.2, -0.15) is 0 Å². The van der Waals surface area contributed by atoms with E-state index in [9.17, 15) is 0 Å². The lowest BCUT2D eigenvalue weighted by Gasteiger charge is -2.23. The van der Waals surface area contributed by atoms with E-state index in [-0.39, 0.29) is 0 Å². The summed E-state index contributed by atoms with van der Waals surface area (Å²) in [6.45, 7) is 10.1. The fourth-order valence-electron chi connectivity index (χ4n) is 3.47. The van der Waals surface area contributed by atoms with Crippen molar-refractivity contribution in [2.24, 2.45) is 0 Å². The van der Waals surface area contributed by atoms with Gasteiger partial charge in [-0.05, 0) is 56.0 Å². The summed E-state index contributed by atoms with van der Waals surface area (Å²) in [4.78, 5) is 5.07. The molecule has 22 heavy (non-hydrogen) atoms. The Bertz CT molecular complexity index is 621. The van der Waals surface area contributed by atoms with E-state index in [0.717, 1.165) is 19.6 Å². The minimum Gasteiger partial charge on any atom is -0.328 e. The normalized spacial score (nSPS) is 16.7. The minimum atomic E-state index is 0.563. The molecule has 2 aromatic rings. The van der Waals surface area contributed by atoms with E-state index in [1.54, 1.807) is 0 Å². The monoisotopic (exact) mass is 299 g/mol. The second kappa shape index (κ2) is 6.82. The van der Waals surface area contributed by atoms with Crippen LogP contribution in [0.5, 0.6) is 0 Å². The van der Waals surface area contributed by atoms with Gasteiger partial charge in [0.1, 0.15) is 5.82 Å². The number of fused-ring (bicyclic) bond motifs is 1. The molecule has 3 nitrogen and oxygen atoms in total. The number of hydrogen-bond acceptors (Lipinski definition) is 2. The highest BCUT2D eigenvalue weighted by atomic mass is 15.1. The summed E-state index contributed by atoms with van der Waals surface area (Å²) in [5.74, 6) is 2.51. The number of imidazole rings is 1. The fraction of sp³-hybridized carbons (Fsp3) is 0.632. The maximum absolute atomic E-state index is 5.07. The van der Waals surface area contributed by atoms with Crippen LogP contribution in [0, 0.1) is 0 Å². The van der Waals surface area contributed by atoms with Gasteiger partial charge in [0.2, 0.25) is 0 Å². The van der Waals surface area contributed by atoms with Gasteiger partial charge in [0, 0.05) is 12.5 Å². The van der Waals surface area contributed by atoms with Gasteiger partial charge >= 0.3 is 0 Å². The molecule has 0 unspecified atom stereocenters. The molecule has 1 aliphatic rings. The summed E-state index contributed by atoms with van der Waals surface area (Å²) in [5, 5.41) is 3.47. The van der Waals surface area contributed by atoms with Crippen molar-refractivity contribution >= 4 is 11.0 Å². The van der Waals surface area contributed by atoms with Crippen molar-refractivity contribution in [3.8, 4) is 0 Å². The number of benzene rings is 1. The van der Waals surface area contributed by atoms with E-state index in [0.29, 0.717) is 11.8 Å². The quantitative estimate of drug-likeness (QED) is 0.885. The Hall–Kier alpha value is -1.35. The first kappa shape index (κ1) is 15.5. The summed E-state index contributed by atoms with van der Waals surface area (Å²) in [6, 6.07) is 6.87. The molecule has 0 amide bonds. The van der Waals surface area contributed by atoms with Crippen LogP contribution in [0.15, 0.2) is 18.2 Å². The van der Waals surface area contributed by atoms with E-state index in [4.69, 9.17) is 4.98 Å². The Morgan fingerprint density at radius 2 is 2.05 bits per heavy atom.